The van der Waals surface area contributed by atoms with Crippen LogP contribution in [0.5, 0.6) is 11.5 Å². The van der Waals surface area contributed by atoms with E-state index in [9.17, 15) is 14.7 Å². The molecule has 0 aliphatic carbocycles. The lowest BCUT2D eigenvalue weighted by Gasteiger charge is -2.35. The predicted molar refractivity (Wildman–Crippen MR) is 180 cm³/mol. The van der Waals surface area contributed by atoms with Crippen molar-refractivity contribution in [2.24, 2.45) is 11.8 Å². The van der Waals surface area contributed by atoms with E-state index < -0.39 is 11.9 Å². The SMILES string of the molecule is CNC(=O)NCC1CCN(Cc2cc(Oc3cnc(N4CCN(CC(C)C(=O)O)CC4)nc3)cc(-c3cc(Cl)cc(Cl)c3)c2)CC1. The second-order valence-corrected chi connectivity index (χ2v) is 12.9. The minimum Gasteiger partial charge on any atom is -0.481 e. The summed E-state index contributed by atoms with van der Waals surface area (Å²) in [4.78, 5) is 38.6. The number of carbonyl (C=O) groups is 2. The number of piperidine rings is 1. The molecule has 246 valence electrons. The standard InChI is InChI=1S/C33H41Cl2N7O4/c1-22(31(43)44)20-41-7-9-42(10-8-41)32-37-18-30(19-38-32)46-29-12-24(11-25(15-29)26-13-27(34)16-28(35)14-26)21-40-5-3-23(4-6-40)17-39-33(45)36-2/h11-16,18-19,22-23H,3-10,17,20-21H2,1-2H3,(H,43,44)(H2,36,39,45). The van der Waals surface area contributed by atoms with Crippen LogP contribution in [0.2, 0.25) is 10.0 Å². The molecular formula is C33H41Cl2N7O4. The number of aliphatic carboxylic acids is 1. The Bertz CT molecular complexity index is 1470. The van der Waals surface area contributed by atoms with E-state index in [0.29, 0.717) is 46.5 Å². The van der Waals surface area contributed by atoms with Crippen molar-refractivity contribution in [1.29, 1.82) is 0 Å². The minimum absolute atomic E-state index is 0.143. The molecule has 3 N–H and O–H groups in total. The van der Waals surface area contributed by atoms with E-state index in [1.165, 1.54) is 0 Å². The van der Waals surface area contributed by atoms with Crippen LogP contribution in [0, 0.1) is 11.8 Å². The van der Waals surface area contributed by atoms with Crippen LogP contribution in [0.4, 0.5) is 10.7 Å². The van der Waals surface area contributed by atoms with Crippen LogP contribution < -0.4 is 20.3 Å². The second-order valence-electron chi connectivity index (χ2n) is 12.1. The average Bonchev–Trinajstić information content (AvgIpc) is 3.04. The molecule has 1 unspecified atom stereocenters. The molecule has 0 saturated carbocycles. The van der Waals surface area contributed by atoms with Crippen LogP contribution in [-0.2, 0) is 11.3 Å². The predicted octanol–water partition coefficient (Wildman–Crippen LogP) is 5.23. The number of aromatic nitrogens is 2. The first-order chi connectivity index (χ1) is 22.1. The maximum Gasteiger partial charge on any atom is 0.314 e. The smallest absolute Gasteiger partial charge is 0.314 e. The Morgan fingerprint density at radius 3 is 2.20 bits per heavy atom. The number of benzene rings is 2. The first-order valence-electron chi connectivity index (χ1n) is 15.6. The number of urea groups is 1. The molecule has 2 aliphatic heterocycles. The monoisotopic (exact) mass is 669 g/mol. The Balaban J connectivity index is 1.26. The largest absolute Gasteiger partial charge is 0.481 e. The van der Waals surface area contributed by atoms with Crippen molar-refractivity contribution in [1.82, 2.24) is 30.4 Å². The van der Waals surface area contributed by atoms with Crippen molar-refractivity contribution in [3.05, 3.63) is 64.4 Å². The highest BCUT2D eigenvalue weighted by Crippen LogP contribution is 2.33. The molecule has 0 radical (unpaired) electrons. The number of nitrogens with zero attached hydrogens (tertiary/aromatic N) is 5. The number of nitrogens with one attached hydrogen (secondary N) is 2. The number of ether oxygens (including phenoxy) is 1. The molecule has 0 spiro atoms. The second kappa shape index (κ2) is 15.8. The van der Waals surface area contributed by atoms with Gasteiger partial charge in [-0.05, 0) is 84.9 Å². The number of hydrogen-bond acceptors (Lipinski definition) is 8. The van der Waals surface area contributed by atoms with Crippen LogP contribution in [0.1, 0.15) is 25.3 Å². The van der Waals surface area contributed by atoms with Crippen molar-refractivity contribution < 1.29 is 19.4 Å². The number of halogens is 2. The molecule has 3 heterocycles. The van der Waals surface area contributed by atoms with Gasteiger partial charge >= 0.3 is 12.0 Å². The van der Waals surface area contributed by atoms with Crippen molar-refractivity contribution in [3.63, 3.8) is 0 Å². The molecule has 2 saturated heterocycles. The lowest BCUT2D eigenvalue weighted by Crippen LogP contribution is -2.48. The maximum absolute atomic E-state index is 11.6. The van der Waals surface area contributed by atoms with E-state index >= 15 is 0 Å². The molecule has 0 bridgehead atoms. The van der Waals surface area contributed by atoms with Gasteiger partial charge in [0, 0.05) is 62.9 Å². The molecule has 2 fully saturated rings. The van der Waals surface area contributed by atoms with Gasteiger partial charge in [-0.2, -0.15) is 0 Å². The van der Waals surface area contributed by atoms with Crippen molar-refractivity contribution >= 4 is 41.2 Å². The van der Waals surface area contributed by atoms with Gasteiger partial charge < -0.3 is 25.4 Å². The minimum atomic E-state index is -0.774. The zero-order valence-electron chi connectivity index (χ0n) is 26.2. The Kier molecular flexibility index (Phi) is 11.6. The van der Waals surface area contributed by atoms with Crippen LogP contribution >= 0.6 is 23.2 Å². The van der Waals surface area contributed by atoms with Crippen LogP contribution in [0.15, 0.2) is 48.8 Å². The number of hydrogen-bond donors (Lipinski definition) is 3. The summed E-state index contributed by atoms with van der Waals surface area (Å²) in [5.41, 5.74) is 2.93. The highest BCUT2D eigenvalue weighted by Gasteiger charge is 2.23. The van der Waals surface area contributed by atoms with E-state index in [0.717, 1.165) is 75.3 Å². The van der Waals surface area contributed by atoms with Crippen molar-refractivity contribution in [2.75, 3.05) is 64.3 Å². The zero-order valence-corrected chi connectivity index (χ0v) is 27.7. The van der Waals surface area contributed by atoms with Crippen LogP contribution in [0.3, 0.4) is 0 Å². The molecule has 2 aliphatic rings. The zero-order chi connectivity index (χ0) is 32.6. The molecule has 1 atom stereocenters. The Labute approximate surface area is 279 Å². The number of carboxylic acid groups (broad SMARTS) is 1. The molecule has 3 aromatic rings. The average molecular weight is 671 g/mol. The summed E-state index contributed by atoms with van der Waals surface area (Å²) in [5, 5.41) is 15.9. The van der Waals surface area contributed by atoms with Crippen molar-refractivity contribution in [3.8, 4) is 22.6 Å². The third-order valence-corrected chi connectivity index (χ3v) is 8.95. The number of rotatable bonds is 11. The van der Waals surface area contributed by atoms with Crippen molar-refractivity contribution in [2.45, 2.75) is 26.3 Å². The van der Waals surface area contributed by atoms with Gasteiger partial charge in [0.25, 0.3) is 0 Å². The van der Waals surface area contributed by atoms with E-state index in [1.54, 1.807) is 32.4 Å². The van der Waals surface area contributed by atoms with Gasteiger partial charge in [-0.3, -0.25) is 14.6 Å². The first kappa shape index (κ1) is 33.7. The molecular weight excluding hydrogens is 629 g/mol. The Hall–Kier alpha value is -3.64. The van der Waals surface area contributed by atoms with Gasteiger partial charge in [0.2, 0.25) is 5.95 Å². The maximum atomic E-state index is 11.6. The number of piperazine rings is 1. The summed E-state index contributed by atoms with van der Waals surface area (Å²) in [6.45, 7) is 8.54. The quantitative estimate of drug-likeness (QED) is 0.252. The molecule has 13 heteroatoms. The van der Waals surface area contributed by atoms with Crippen LogP contribution in [-0.4, -0.2) is 96.3 Å². The summed E-state index contributed by atoms with van der Waals surface area (Å²) in [7, 11) is 1.63. The van der Waals surface area contributed by atoms with Gasteiger partial charge in [-0.15, -0.1) is 0 Å². The van der Waals surface area contributed by atoms with Gasteiger partial charge in [-0.25, -0.2) is 14.8 Å². The summed E-state index contributed by atoms with van der Waals surface area (Å²) in [6, 6.07) is 11.5. The first-order valence-corrected chi connectivity index (χ1v) is 16.4. The van der Waals surface area contributed by atoms with E-state index in [2.05, 4.69) is 41.4 Å². The van der Waals surface area contributed by atoms with Gasteiger partial charge in [0.1, 0.15) is 5.75 Å². The molecule has 11 nitrogen and oxygen atoms in total. The van der Waals surface area contributed by atoms with Gasteiger partial charge in [0.15, 0.2) is 5.75 Å². The van der Waals surface area contributed by atoms with E-state index in [4.69, 9.17) is 27.9 Å². The Morgan fingerprint density at radius 1 is 0.913 bits per heavy atom. The third kappa shape index (κ3) is 9.45. The highest BCUT2D eigenvalue weighted by molar-refractivity contribution is 6.35. The molecule has 5 rings (SSSR count). The number of carbonyl (C=O) groups excluding carboxylic acids is 1. The van der Waals surface area contributed by atoms with Crippen LogP contribution in [0.25, 0.3) is 11.1 Å². The topological polar surface area (TPSA) is 123 Å². The van der Waals surface area contributed by atoms with Gasteiger partial charge in [0.05, 0.1) is 18.3 Å². The molecule has 2 amide bonds. The summed E-state index contributed by atoms with van der Waals surface area (Å²) < 4.78 is 6.30. The third-order valence-electron chi connectivity index (χ3n) is 8.51. The lowest BCUT2D eigenvalue weighted by molar-refractivity contribution is -0.141. The molecule has 1 aromatic heterocycles. The fourth-order valence-electron chi connectivity index (χ4n) is 5.89. The molecule has 2 aromatic carbocycles. The number of anilines is 1. The number of amides is 2. The number of likely N-dealkylation sites (tertiary alicyclic amines) is 1. The summed E-state index contributed by atoms with van der Waals surface area (Å²) in [5.74, 6) is 1.09. The fourth-order valence-corrected chi connectivity index (χ4v) is 6.41. The summed E-state index contributed by atoms with van der Waals surface area (Å²) >= 11 is 12.7. The van der Waals surface area contributed by atoms with E-state index in [-0.39, 0.29) is 6.03 Å². The molecule has 46 heavy (non-hydrogen) atoms. The van der Waals surface area contributed by atoms with Gasteiger partial charge in [-0.1, -0.05) is 30.1 Å². The Morgan fingerprint density at radius 2 is 1.57 bits per heavy atom. The normalized spacial score (nSPS) is 17.0. The summed E-state index contributed by atoms with van der Waals surface area (Å²) in [6.07, 6.45) is 5.39. The highest BCUT2D eigenvalue weighted by atomic mass is 35.5. The fraction of sp³-hybridized carbons (Fsp3) is 0.455. The number of carboxylic acids is 1. The lowest BCUT2D eigenvalue weighted by atomic mass is 9.96. The van der Waals surface area contributed by atoms with E-state index in [1.807, 2.05) is 24.3 Å².